The fraction of sp³-hybridized carbons (Fsp3) is 0.200. The maximum Gasteiger partial charge on any atom is 0.263 e. The second-order valence-electron chi connectivity index (χ2n) is 6.79. The molecule has 156 valence electrons. The van der Waals surface area contributed by atoms with Crippen LogP contribution in [-0.4, -0.2) is 36.4 Å². The number of sulfonamides is 1. The minimum Gasteiger partial charge on any atom is -0.290 e. The average Bonchev–Trinajstić information content (AvgIpc) is 3.39. The normalized spacial score (nSPS) is 12.1. The van der Waals surface area contributed by atoms with Crippen LogP contribution in [0.5, 0.6) is 0 Å². The molecule has 6 nitrogen and oxygen atoms in total. The zero-order valence-electron chi connectivity index (χ0n) is 16.5. The molecule has 0 spiro atoms. The van der Waals surface area contributed by atoms with Crippen LogP contribution in [0.3, 0.4) is 0 Å². The molecule has 30 heavy (non-hydrogen) atoms. The Hall–Kier alpha value is -1.98. The molecule has 0 N–H and O–H groups in total. The Morgan fingerprint density at radius 3 is 2.67 bits per heavy atom. The minimum absolute atomic E-state index is 0.0731. The predicted octanol–water partition coefficient (Wildman–Crippen LogP) is 4.27. The van der Waals surface area contributed by atoms with Gasteiger partial charge in [0.05, 0.1) is 10.3 Å². The molecule has 3 heterocycles. The Labute approximate surface area is 186 Å². The van der Waals surface area contributed by atoms with Crippen molar-refractivity contribution in [2.75, 3.05) is 14.1 Å². The monoisotopic (exact) mass is 477 g/mol. The fourth-order valence-corrected chi connectivity index (χ4v) is 6.64. The number of rotatable bonds is 6. The highest BCUT2D eigenvalue weighted by molar-refractivity contribution is 7.98. The molecule has 0 atom stereocenters. The summed E-state index contributed by atoms with van der Waals surface area (Å²) in [5.74, 6) is 0.506. The molecule has 0 saturated heterocycles. The summed E-state index contributed by atoms with van der Waals surface area (Å²) in [5.41, 5.74) is 1.70. The number of fused-ring (bicyclic) bond motifs is 1. The van der Waals surface area contributed by atoms with Crippen molar-refractivity contribution in [1.82, 2.24) is 13.9 Å². The molecular formula is C20H19N3O3S4. The van der Waals surface area contributed by atoms with Crippen molar-refractivity contribution in [2.45, 2.75) is 15.8 Å². The van der Waals surface area contributed by atoms with E-state index < -0.39 is 10.0 Å². The summed E-state index contributed by atoms with van der Waals surface area (Å²) in [6, 6.07) is 10.8. The second kappa shape index (κ2) is 8.27. The summed E-state index contributed by atoms with van der Waals surface area (Å²) >= 11 is 4.48. The maximum atomic E-state index is 13.0. The third-order valence-corrected chi connectivity index (χ3v) is 9.29. The second-order valence-corrected chi connectivity index (χ2v) is 11.7. The van der Waals surface area contributed by atoms with Crippen LogP contribution < -0.4 is 5.56 Å². The van der Waals surface area contributed by atoms with E-state index in [1.807, 2.05) is 29.0 Å². The Balaban J connectivity index is 1.65. The Morgan fingerprint density at radius 2 is 1.97 bits per heavy atom. The zero-order valence-corrected chi connectivity index (χ0v) is 19.8. The van der Waals surface area contributed by atoms with E-state index in [1.54, 1.807) is 41.2 Å². The fourth-order valence-electron chi connectivity index (χ4n) is 2.95. The summed E-state index contributed by atoms with van der Waals surface area (Å²) in [4.78, 5) is 19.8. The first-order chi connectivity index (χ1) is 14.3. The van der Waals surface area contributed by atoms with Gasteiger partial charge in [-0.15, -0.1) is 22.7 Å². The number of thioether (sulfide) groups is 1. The molecule has 3 aromatic heterocycles. The van der Waals surface area contributed by atoms with E-state index >= 15 is 0 Å². The highest BCUT2D eigenvalue weighted by Crippen LogP contribution is 2.34. The van der Waals surface area contributed by atoms with E-state index in [2.05, 4.69) is 0 Å². The molecule has 0 radical (unpaired) electrons. The van der Waals surface area contributed by atoms with Gasteiger partial charge in [0.1, 0.15) is 4.83 Å². The van der Waals surface area contributed by atoms with E-state index in [-0.39, 0.29) is 10.5 Å². The van der Waals surface area contributed by atoms with Gasteiger partial charge in [-0.2, -0.15) is 0 Å². The van der Waals surface area contributed by atoms with Crippen LogP contribution in [0.1, 0.15) is 5.56 Å². The quantitative estimate of drug-likeness (QED) is 0.306. The summed E-state index contributed by atoms with van der Waals surface area (Å²) in [6.45, 7) is 0. The first kappa shape index (κ1) is 21.3. The van der Waals surface area contributed by atoms with E-state index in [0.29, 0.717) is 21.1 Å². The molecule has 4 rings (SSSR count). The van der Waals surface area contributed by atoms with Crippen molar-refractivity contribution in [3.63, 3.8) is 0 Å². The van der Waals surface area contributed by atoms with Gasteiger partial charge in [-0.1, -0.05) is 30.0 Å². The van der Waals surface area contributed by atoms with Gasteiger partial charge in [0.15, 0.2) is 5.16 Å². The van der Waals surface area contributed by atoms with E-state index in [4.69, 9.17) is 4.98 Å². The number of benzene rings is 1. The lowest BCUT2D eigenvalue weighted by molar-refractivity contribution is 0.520. The first-order valence-corrected chi connectivity index (χ1v) is 13.1. The average molecular weight is 478 g/mol. The molecule has 0 bridgehead atoms. The van der Waals surface area contributed by atoms with Crippen LogP contribution in [0.25, 0.3) is 20.7 Å². The van der Waals surface area contributed by atoms with Gasteiger partial charge in [0, 0.05) is 42.7 Å². The highest BCUT2D eigenvalue weighted by Gasteiger charge is 2.18. The third kappa shape index (κ3) is 3.85. The minimum atomic E-state index is -3.49. The zero-order chi connectivity index (χ0) is 21.5. The molecule has 1 aromatic carbocycles. The molecule has 0 aliphatic carbocycles. The predicted molar refractivity (Wildman–Crippen MR) is 125 cm³/mol. The van der Waals surface area contributed by atoms with Gasteiger partial charge >= 0.3 is 0 Å². The van der Waals surface area contributed by atoms with Crippen molar-refractivity contribution in [3.05, 3.63) is 63.1 Å². The van der Waals surface area contributed by atoms with Crippen LogP contribution in [0.4, 0.5) is 0 Å². The number of thiophene rings is 2. The van der Waals surface area contributed by atoms with Gasteiger partial charge in [-0.3, -0.25) is 9.36 Å². The van der Waals surface area contributed by atoms with Crippen LogP contribution in [-0.2, 0) is 22.8 Å². The summed E-state index contributed by atoms with van der Waals surface area (Å²) in [7, 11) is 1.26. The molecule has 0 fully saturated rings. The van der Waals surface area contributed by atoms with Crippen molar-refractivity contribution in [3.8, 4) is 10.4 Å². The van der Waals surface area contributed by atoms with Crippen LogP contribution in [0, 0.1) is 0 Å². The van der Waals surface area contributed by atoms with Gasteiger partial charge in [-0.05, 0) is 29.1 Å². The number of aromatic nitrogens is 2. The van der Waals surface area contributed by atoms with E-state index in [9.17, 15) is 13.2 Å². The van der Waals surface area contributed by atoms with Crippen molar-refractivity contribution < 1.29 is 8.42 Å². The van der Waals surface area contributed by atoms with Gasteiger partial charge in [-0.25, -0.2) is 17.7 Å². The molecule has 4 aromatic rings. The number of hydrogen-bond donors (Lipinski definition) is 0. The van der Waals surface area contributed by atoms with Gasteiger partial charge in [0.25, 0.3) is 5.56 Å². The lowest BCUT2D eigenvalue weighted by Gasteiger charge is -2.12. The summed E-state index contributed by atoms with van der Waals surface area (Å²) < 4.78 is 27.5. The van der Waals surface area contributed by atoms with Gasteiger partial charge in [0.2, 0.25) is 10.0 Å². The molecule has 0 amide bonds. The largest absolute Gasteiger partial charge is 0.290 e. The highest BCUT2D eigenvalue weighted by atomic mass is 32.2. The Bertz CT molecular complexity index is 1370. The van der Waals surface area contributed by atoms with Crippen LogP contribution in [0.15, 0.2) is 62.0 Å². The van der Waals surface area contributed by atoms with Crippen LogP contribution >= 0.6 is 34.4 Å². The molecule has 0 aliphatic heterocycles. The maximum absolute atomic E-state index is 13.0. The van der Waals surface area contributed by atoms with Gasteiger partial charge < -0.3 is 0 Å². The molecular weight excluding hydrogens is 459 g/mol. The molecule has 10 heteroatoms. The number of nitrogens with zero attached hydrogens (tertiary/aromatic N) is 3. The van der Waals surface area contributed by atoms with E-state index in [0.717, 1.165) is 16.0 Å². The smallest absolute Gasteiger partial charge is 0.263 e. The lowest BCUT2D eigenvalue weighted by Crippen LogP contribution is -2.22. The van der Waals surface area contributed by atoms with E-state index in [1.165, 1.54) is 41.5 Å². The Kier molecular flexibility index (Phi) is 5.86. The Morgan fingerprint density at radius 1 is 1.17 bits per heavy atom. The third-order valence-electron chi connectivity index (χ3n) is 4.61. The molecule has 0 saturated carbocycles. The number of hydrogen-bond acceptors (Lipinski definition) is 7. The lowest BCUT2D eigenvalue weighted by atomic mass is 10.2. The van der Waals surface area contributed by atoms with Crippen molar-refractivity contribution in [2.24, 2.45) is 7.05 Å². The topological polar surface area (TPSA) is 72.3 Å². The molecule has 0 aliphatic rings. The van der Waals surface area contributed by atoms with Crippen molar-refractivity contribution >= 4 is 54.7 Å². The summed E-state index contributed by atoms with van der Waals surface area (Å²) in [5, 5.41) is 5.22. The first-order valence-electron chi connectivity index (χ1n) is 8.95. The van der Waals surface area contributed by atoms with Crippen molar-refractivity contribution in [1.29, 1.82) is 0 Å². The molecule has 0 unspecified atom stereocenters. The SMILES string of the molecule is CN(C)S(=O)(=O)c1cccc(CSc2nc3scc(-c4cccs4)c3c(=O)n2C)c1. The standard InChI is InChI=1S/C20H19N3O3S4/c1-22(2)30(25,26)14-7-4-6-13(10-14)11-29-20-21-18-17(19(24)23(20)3)15(12-28-18)16-8-5-9-27-16/h4-10,12H,11H2,1-3H3. The van der Waals surface area contributed by atoms with Crippen LogP contribution in [0.2, 0.25) is 0 Å². The summed E-state index contributed by atoms with van der Waals surface area (Å²) in [6.07, 6.45) is 0.